The van der Waals surface area contributed by atoms with Crippen LogP contribution in [0.5, 0.6) is 0 Å². The van der Waals surface area contributed by atoms with Crippen molar-refractivity contribution in [1.82, 2.24) is 0 Å². The number of aliphatic hydroxyl groups is 3. The van der Waals surface area contributed by atoms with Gasteiger partial charge >= 0.3 is 11.9 Å². The predicted molar refractivity (Wildman–Crippen MR) is 229 cm³/mol. The molecule has 6 atom stereocenters. The van der Waals surface area contributed by atoms with Gasteiger partial charge < -0.3 is 34.3 Å². The lowest BCUT2D eigenvalue weighted by Gasteiger charge is -2.40. The van der Waals surface area contributed by atoms with Gasteiger partial charge in [0.25, 0.3) is 10.1 Å². The Balaban J connectivity index is 2.44. The summed E-state index contributed by atoms with van der Waals surface area (Å²) in [7, 11) is -4.60. The fraction of sp³-hybridized carbons (Fsp3) is 0.867. The molecule has 1 aliphatic heterocycles. The van der Waals surface area contributed by atoms with Crippen molar-refractivity contribution in [3.63, 3.8) is 0 Å². The third kappa shape index (κ3) is 30.2. The normalized spacial score (nSPS) is 20.6. The van der Waals surface area contributed by atoms with E-state index in [1.165, 1.54) is 103 Å². The van der Waals surface area contributed by atoms with Gasteiger partial charge in [-0.25, -0.2) is 0 Å². The fourth-order valence-electron chi connectivity index (χ4n) is 6.89. The monoisotopic (exact) mass is 847 g/mol. The number of esters is 2. The Morgan fingerprint density at radius 3 is 1.48 bits per heavy atom. The van der Waals surface area contributed by atoms with Crippen LogP contribution in [0.25, 0.3) is 0 Å². The first-order valence-corrected chi connectivity index (χ1v) is 24.5. The van der Waals surface area contributed by atoms with Crippen molar-refractivity contribution in [3.05, 3.63) is 24.3 Å². The molecule has 1 rings (SSSR count). The lowest BCUT2D eigenvalue weighted by atomic mass is 10.00. The van der Waals surface area contributed by atoms with E-state index in [1.54, 1.807) is 0 Å². The number of carbonyl (C=O) groups excluding carboxylic acids is 2. The van der Waals surface area contributed by atoms with E-state index in [-0.39, 0.29) is 19.4 Å². The summed E-state index contributed by atoms with van der Waals surface area (Å²) in [4.78, 5) is 25.4. The van der Waals surface area contributed by atoms with Crippen LogP contribution in [0.2, 0.25) is 0 Å². The molecule has 58 heavy (non-hydrogen) atoms. The molecule has 0 aromatic rings. The molecule has 2 unspecified atom stereocenters. The summed E-state index contributed by atoms with van der Waals surface area (Å²) in [6, 6.07) is 0. The summed E-state index contributed by atoms with van der Waals surface area (Å²) in [5.41, 5.74) is 0. The maximum absolute atomic E-state index is 12.8. The van der Waals surface area contributed by atoms with Crippen molar-refractivity contribution in [2.75, 3.05) is 19.0 Å². The molecule has 340 valence electrons. The molecular formula is C45H82O12S. The van der Waals surface area contributed by atoms with Gasteiger partial charge in [0.05, 0.1) is 6.61 Å². The van der Waals surface area contributed by atoms with Crippen molar-refractivity contribution in [3.8, 4) is 0 Å². The number of hydrogen-bond donors (Lipinski definition) is 4. The second-order valence-electron chi connectivity index (χ2n) is 16.1. The highest BCUT2D eigenvalue weighted by Crippen LogP contribution is 2.24. The molecule has 0 radical (unpaired) electrons. The van der Waals surface area contributed by atoms with E-state index in [0.717, 1.165) is 51.4 Å². The number of aliphatic hydroxyl groups excluding tert-OH is 3. The largest absolute Gasteiger partial charge is 0.462 e. The van der Waals surface area contributed by atoms with E-state index in [4.69, 9.17) is 18.9 Å². The van der Waals surface area contributed by atoms with Gasteiger partial charge in [-0.2, -0.15) is 8.42 Å². The highest BCUT2D eigenvalue weighted by Gasteiger charge is 2.46. The van der Waals surface area contributed by atoms with Gasteiger partial charge in [-0.1, -0.05) is 147 Å². The van der Waals surface area contributed by atoms with Crippen LogP contribution in [0.1, 0.15) is 194 Å². The van der Waals surface area contributed by atoms with Crippen LogP contribution in [-0.2, 0) is 38.7 Å². The average molecular weight is 847 g/mol. The van der Waals surface area contributed by atoms with Gasteiger partial charge in [-0.15, -0.1) is 0 Å². The zero-order valence-electron chi connectivity index (χ0n) is 36.2. The van der Waals surface area contributed by atoms with Gasteiger partial charge in [-0.05, 0) is 57.8 Å². The molecule has 1 heterocycles. The minimum absolute atomic E-state index is 0.163. The second-order valence-corrected chi connectivity index (χ2v) is 17.6. The number of hydrogen-bond acceptors (Lipinski definition) is 11. The van der Waals surface area contributed by atoms with Crippen LogP contribution in [0.15, 0.2) is 24.3 Å². The average Bonchev–Trinajstić information content (AvgIpc) is 3.18. The van der Waals surface area contributed by atoms with Crippen molar-refractivity contribution in [2.24, 2.45) is 0 Å². The summed E-state index contributed by atoms with van der Waals surface area (Å²) in [6.45, 7) is 3.72. The summed E-state index contributed by atoms with van der Waals surface area (Å²) >= 11 is 0. The molecule has 0 amide bonds. The van der Waals surface area contributed by atoms with Crippen LogP contribution < -0.4 is 0 Å². The zero-order valence-corrected chi connectivity index (χ0v) is 37.0. The molecule has 13 heteroatoms. The molecule has 1 fully saturated rings. The van der Waals surface area contributed by atoms with E-state index >= 15 is 0 Å². The van der Waals surface area contributed by atoms with E-state index < -0.39 is 71.2 Å². The van der Waals surface area contributed by atoms with Gasteiger partial charge in [-0.3, -0.25) is 14.1 Å². The van der Waals surface area contributed by atoms with Gasteiger partial charge in [0.1, 0.15) is 36.8 Å². The van der Waals surface area contributed by atoms with Crippen molar-refractivity contribution in [1.29, 1.82) is 0 Å². The maximum Gasteiger partial charge on any atom is 0.306 e. The predicted octanol–water partition coefficient (Wildman–Crippen LogP) is 9.23. The molecule has 12 nitrogen and oxygen atoms in total. The standard InChI is InChI=1S/C45H82O12S/c1-3-5-7-9-11-13-15-17-19-21-23-25-27-29-31-33-40(46)54-35-38(36-55-45-44(50)43(49)42(48)39(57-45)37-58(51,52)53)56-41(47)34-32-30-28-26-24-22-20-18-16-14-12-10-8-6-4-2/h10,12-13,15,38-39,42-45,48-50H,3-9,11,14,16-37H2,1-2H3,(H,51,52,53)/b12-10+,15-13+/t38-,39-,42-,43?,44?,45+/m1/s1. The van der Waals surface area contributed by atoms with Crippen LogP contribution in [0.4, 0.5) is 0 Å². The smallest absolute Gasteiger partial charge is 0.306 e. The molecular weight excluding hydrogens is 765 g/mol. The Bertz CT molecular complexity index is 1180. The maximum atomic E-state index is 12.8. The zero-order chi connectivity index (χ0) is 42.7. The highest BCUT2D eigenvalue weighted by molar-refractivity contribution is 7.85. The lowest BCUT2D eigenvalue weighted by Crippen LogP contribution is -2.60. The number of allylic oxidation sites excluding steroid dienone is 4. The Kier molecular flexibility index (Phi) is 33.5. The quantitative estimate of drug-likeness (QED) is 0.0200. The SMILES string of the molecule is CCCC/C=C/CCCCCCCCCCCC(=O)O[C@H](COC(=O)CCCCCCCCC/C=C/CCCCCC)CO[C@H]1O[C@H](CS(=O)(=O)O)[C@@H](O)C(O)C1O. The Morgan fingerprint density at radius 1 is 0.569 bits per heavy atom. The topological polar surface area (TPSA) is 186 Å². The summed E-state index contributed by atoms with van der Waals surface area (Å²) in [5, 5.41) is 30.9. The van der Waals surface area contributed by atoms with Crippen molar-refractivity contribution < 1.29 is 56.8 Å². The van der Waals surface area contributed by atoms with Crippen LogP contribution in [-0.4, -0.2) is 96.0 Å². The second kappa shape index (κ2) is 35.8. The highest BCUT2D eigenvalue weighted by atomic mass is 32.2. The molecule has 0 bridgehead atoms. The summed E-state index contributed by atoms with van der Waals surface area (Å²) < 4.78 is 54.1. The van der Waals surface area contributed by atoms with Crippen LogP contribution >= 0.6 is 0 Å². The number of unbranched alkanes of at least 4 members (excludes halogenated alkanes) is 22. The molecule has 0 spiro atoms. The van der Waals surface area contributed by atoms with E-state index in [2.05, 4.69) is 38.2 Å². The lowest BCUT2D eigenvalue weighted by molar-refractivity contribution is -0.297. The van der Waals surface area contributed by atoms with Crippen LogP contribution in [0, 0.1) is 0 Å². The van der Waals surface area contributed by atoms with Crippen LogP contribution in [0.3, 0.4) is 0 Å². The van der Waals surface area contributed by atoms with E-state index in [1.807, 2.05) is 0 Å². The first-order chi connectivity index (χ1) is 28.0. The fourth-order valence-corrected chi connectivity index (χ4v) is 7.58. The summed E-state index contributed by atoms with van der Waals surface area (Å²) in [6.07, 6.45) is 29.3. The van der Waals surface area contributed by atoms with Crippen molar-refractivity contribution >= 4 is 22.1 Å². The molecule has 4 N–H and O–H groups in total. The minimum Gasteiger partial charge on any atom is -0.462 e. The third-order valence-corrected chi connectivity index (χ3v) is 11.3. The number of ether oxygens (including phenoxy) is 4. The van der Waals surface area contributed by atoms with Gasteiger partial charge in [0.2, 0.25) is 0 Å². The van der Waals surface area contributed by atoms with Gasteiger partial charge in [0.15, 0.2) is 12.4 Å². The molecule has 1 saturated heterocycles. The van der Waals surface area contributed by atoms with Gasteiger partial charge in [0, 0.05) is 12.8 Å². The molecule has 0 aromatic heterocycles. The minimum atomic E-state index is -4.60. The van der Waals surface area contributed by atoms with E-state index in [9.17, 15) is 37.9 Å². The molecule has 0 saturated carbocycles. The number of carbonyl (C=O) groups is 2. The molecule has 0 aliphatic carbocycles. The first kappa shape index (κ1) is 54.1. The molecule has 1 aliphatic rings. The van der Waals surface area contributed by atoms with E-state index in [0.29, 0.717) is 12.8 Å². The Morgan fingerprint density at radius 2 is 1.00 bits per heavy atom. The first-order valence-electron chi connectivity index (χ1n) is 22.9. The number of rotatable bonds is 38. The Hall–Kier alpha value is -1.87. The Labute approximate surface area is 351 Å². The molecule has 0 aromatic carbocycles. The van der Waals surface area contributed by atoms with Crippen molar-refractivity contribution in [2.45, 2.75) is 230 Å². The summed E-state index contributed by atoms with van der Waals surface area (Å²) in [5.74, 6) is -1.99. The third-order valence-electron chi connectivity index (χ3n) is 10.5.